The van der Waals surface area contributed by atoms with Crippen molar-refractivity contribution in [2.24, 2.45) is 11.7 Å². The molecule has 0 aromatic heterocycles. The van der Waals surface area contributed by atoms with E-state index >= 15 is 0 Å². The summed E-state index contributed by atoms with van der Waals surface area (Å²) >= 11 is 0. The van der Waals surface area contributed by atoms with Crippen molar-refractivity contribution in [1.29, 1.82) is 0 Å². The molecule has 2 rings (SSSR count). The van der Waals surface area contributed by atoms with Gasteiger partial charge in [0.25, 0.3) is 0 Å². The zero-order valence-corrected chi connectivity index (χ0v) is 11.1. The summed E-state index contributed by atoms with van der Waals surface area (Å²) in [5.74, 6) is 1.32. The number of benzene rings is 1. The minimum atomic E-state index is -0.120. The number of anilines is 1. The second kappa shape index (κ2) is 5.59. The van der Waals surface area contributed by atoms with Gasteiger partial charge in [0.2, 0.25) is 0 Å². The molecule has 0 aliphatic carbocycles. The summed E-state index contributed by atoms with van der Waals surface area (Å²) in [6.45, 7) is 4.38. The van der Waals surface area contributed by atoms with Crippen LogP contribution in [0.4, 0.5) is 5.69 Å². The van der Waals surface area contributed by atoms with Crippen molar-refractivity contribution in [2.75, 3.05) is 32.2 Å². The number of nitrogens with one attached hydrogen (secondary N) is 1. The summed E-state index contributed by atoms with van der Waals surface area (Å²) in [5, 5.41) is 3.54. The lowest BCUT2D eigenvalue weighted by Crippen LogP contribution is -2.49. The summed E-state index contributed by atoms with van der Waals surface area (Å²) in [7, 11) is 1.67. The van der Waals surface area contributed by atoms with Crippen LogP contribution < -0.4 is 15.8 Å². The number of rotatable bonds is 5. The highest BCUT2D eigenvalue weighted by molar-refractivity contribution is 5.48. The van der Waals surface area contributed by atoms with E-state index in [1.807, 2.05) is 24.3 Å². The predicted octanol–water partition coefficient (Wildman–Crippen LogP) is 1.86. The molecular formula is C14H22N2O2. The first-order valence-electron chi connectivity index (χ1n) is 6.38. The third-order valence-corrected chi connectivity index (χ3v) is 3.77. The Labute approximate surface area is 108 Å². The molecule has 1 aliphatic rings. The van der Waals surface area contributed by atoms with E-state index in [4.69, 9.17) is 15.2 Å². The van der Waals surface area contributed by atoms with Gasteiger partial charge in [-0.1, -0.05) is 0 Å². The summed E-state index contributed by atoms with van der Waals surface area (Å²) in [4.78, 5) is 0. The van der Waals surface area contributed by atoms with Crippen LogP contribution in [0.5, 0.6) is 5.75 Å². The first-order valence-corrected chi connectivity index (χ1v) is 6.38. The predicted molar refractivity (Wildman–Crippen MR) is 73.0 cm³/mol. The van der Waals surface area contributed by atoms with E-state index in [9.17, 15) is 0 Å². The molecule has 1 saturated heterocycles. The van der Waals surface area contributed by atoms with Crippen LogP contribution in [0.1, 0.15) is 13.3 Å². The highest BCUT2D eigenvalue weighted by atomic mass is 16.5. The normalized spacial score (nSPS) is 22.5. The number of ether oxygens (including phenoxy) is 2. The minimum Gasteiger partial charge on any atom is -0.497 e. The molecule has 0 radical (unpaired) electrons. The lowest BCUT2D eigenvalue weighted by atomic mass is 9.84. The topological polar surface area (TPSA) is 56.5 Å². The molecule has 0 spiro atoms. The van der Waals surface area contributed by atoms with Crippen molar-refractivity contribution in [3.05, 3.63) is 24.3 Å². The smallest absolute Gasteiger partial charge is 0.119 e. The molecule has 4 nitrogen and oxygen atoms in total. The minimum absolute atomic E-state index is 0.120. The van der Waals surface area contributed by atoms with Gasteiger partial charge in [0.05, 0.1) is 19.3 Å². The van der Waals surface area contributed by atoms with Gasteiger partial charge in [-0.2, -0.15) is 0 Å². The van der Waals surface area contributed by atoms with E-state index in [1.54, 1.807) is 7.11 Å². The quantitative estimate of drug-likeness (QED) is 0.837. The second-order valence-electron chi connectivity index (χ2n) is 5.04. The van der Waals surface area contributed by atoms with Crippen LogP contribution in [0.3, 0.4) is 0 Å². The molecule has 2 atom stereocenters. The van der Waals surface area contributed by atoms with Crippen molar-refractivity contribution in [2.45, 2.75) is 18.9 Å². The molecule has 0 bridgehead atoms. The van der Waals surface area contributed by atoms with Crippen LogP contribution in [0.15, 0.2) is 24.3 Å². The standard InChI is InChI=1S/C14H22N2O2/c1-14(10-15,11-7-8-18-9-11)16-12-3-5-13(17-2)6-4-12/h3-6,11,16H,7-10,15H2,1-2H3. The summed E-state index contributed by atoms with van der Waals surface area (Å²) in [5.41, 5.74) is 6.89. The van der Waals surface area contributed by atoms with Crippen molar-refractivity contribution < 1.29 is 9.47 Å². The first kappa shape index (κ1) is 13.2. The molecule has 0 saturated carbocycles. The Morgan fingerprint density at radius 2 is 2.17 bits per heavy atom. The summed E-state index contributed by atoms with van der Waals surface area (Å²) < 4.78 is 10.6. The monoisotopic (exact) mass is 250 g/mol. The largest absolute Gasteiger partial charge is 0.497 e. The fourth-order valence-electron chi connectivity index (χ4n) is 2.36. The molecule has 3 N–H and O–H groups in total. The van der Waals surface area contributed by atoms with Gasteiger partial charge in [0.1, 0.15) is 5.75 Å². The zero-order chi connectivity index (χ0) is 13.0. The Balaban J connectivity index is 2.08. The number of hydrogen-bond acceptors (Lipinski definition) is 4. The van der Waals surface area contributed by atoms with Gasteiger partial charge in [-0.15, -0.1) is 0 Å². The van der Waals surface area contributed by atoms with Crippen molar-refractivity contribution in [1.82, 2.24) is 0 Å². The average molecular weight is 250 g/mol. The summed E-state index contributed by atoms with van der Waals surface area (Å²) in [6, 6.07) is 7.93. The SMILES string of the molecule is COc1ccc(NC(C)(CN)C2CCOC2)cc1. The summed E-state index contributed by atoms with van der Waals surface area (Å²) in [6.07, 6.45) is 1.07. The van der Waals surface area contributed by atoms with E-state index in [2.05, 4.69) is 12.2 Å². The number of nitrogens with two attached hydrogens (primary N) is 1. The Kier molecular flexibility index (Phi) is 4.09. The molecule has 1 heterocycles. The van der Waals surface area contributed by atoms with Gasteiger partial charge in [0, 0.05) is 24.8 Å². The fourth-order valence-corrected chi connectivity index (χ4v) is 2.36. The van der Waals surface area contributed by atoms with Gasteiger partial charge in [-0.05, 0) is 37.6 Å². The third-order valence-electron chi connectivity index (χ3n) is 3.77. The van der Waals surface area contributed by atoms with E-state index in [1.165, 1.54) is 0 Å². The number of methoxy groups -OCH3 is 1. The highest BCUT2D eigenvalue weighted by Gasteiger charge is 2.35. The molecule has 1 aromatic rings. The molecule has 18 heavy (non-hydrogen) atoms. The molecular weight excluding hydrogens is 228 g/mol. The second-order valence-corrected chi connectivity index (χ2v) is 5.04. The van der Waals surface area contributed by atoms with E-state index in [0.717, 1.165) is 31.1 Å². The Morgan fingerprint density at radius 1 is 1.44 bits per heavy atom. The molecule has 1 fully saturated rings. The van der Waals surface area contributed by atoms with Crippen LogP contribution in [0.25, 0.3) is 0 Å². The lowest BCUT2D eigenvalue weighted by Gasteiger charge is -2.35. The Morgan fingerprint density at radius 3 is 2.67 bits per heavy atom. The van der Waals surface area contributed by atoms with Gasteiger partial charge in [-0.3, -0.25) is 0 Å². The molecule has 2 unspecified atom stereocenters. The molecule has 100 valence electrons. The van der Waals surface area contributed by atoms with Crippen molar-refractivity contribution >= 4 is 5.69 Å². The van der Waals surface area contributed by atoms with Crippen LogP contribution in [-0.2, 0) is 4.74 Å². The maximum atomic E-state index is 5.95. The lowest BCUT2D eigenvalue weighted by molar-refractivity contribution is 0.172. The molecule has 1 aromatic carbocycles. The molecule has 4 heteroatoms. The Bertz CT molecular complexity index is 374. The van der Waals surface area contributed by atoms with E-state index in [-0.39, 0.29) is 5.54 Å². The third kappa shape index (κ3) is 2.76. The van der Waals surface area contributed by atoms with Crippen LogP contribution in [0.2, 0.25) is 0 Å². The maximum Gasteiger partial charge on any atom is 0.119 e. The zero-order valence-electron chi connectivity index (χ0n) is 11.1. The average Bonchev–Trinajstić information content (AvgIpc) is 2.94. The number of hydrogen-bond donors (Lipinski definition) is 2. The Hall–Kier alpha value is -1.26. The van der Waals surface area contributed by atoms with Crippen LogP contribution in [-0.4, -0.2) is 32.4 Å². The fraction of sp³-hybridized carbons (Fsp3) is 0.571. The highest BCUT2D eigenvalue weighted by Crippen LogP contribution is 2.29. The van der Waals surface area contributed by atoms with Crippen molar-refractivity contribution in [3.8, 4) is 5.75 Å². The van der Waals surface area contributed by atoms with Gasteiger partial charge in [0.15, 0.2) is 0 Å². The molecule has 0 amide bonds. The first-order chi connectivity index (χ1) is 8.68. The maximum absolute atomic E-state index is 5.95. The van der Waals surface area contributed by atoms with Crippen LogP contribution >= 0.6 is 0 Å². The van der Waals surface area contributed by atoms with E-state index < -0.39 is 0 Å². The van der Waals surface area contributed by atoms with Gasteiger partial charge >= 0.3 is 0 Å². The molecule has 1 aliphatic heterocycles. The van der Waals surface area contributed by atoms with Gasteiger partial charge < -0.3 is 20.5 Å². The van der Waals surface area contributed by atoms with Crippen molar-refractivity contribution in [3.63, 3.8) is 0 Å². The van der Waals surface area contributed by atoms with Crippen LogP contribution in [0, 0.1) is 5.92 Å². The van der Waals surface area contributed by atoms with Gasteiger partial charge in [-0.25, -0.2) is 0 Å². The van der Waals surface area contributed by atoms with E-state index in [0.29, 0.717) is 12.5 Å².